The van der Waals surface area contributed by atoms with E-state index in [4.69, 9.17) is 4.74 Å². The summed E-state index contributed by atoms with van der Waals surface area (Å²) in [5.41, 5.74) is 4.62. The third kappa shape index (κ3) is 10.1. The summed E-state index contributed by atoms with van der Waals surface area (Å²) in [4.78, 5) is 50.1. The summed E-state index contributed by atoms with van der Waals surface area (Å²) in [6, 6.07) is 37.4. The van der Waals surface area contributed by atoms with Gasteiger partial charge in [-0.1, -0.05) is 121 Å². The zero-order valence-electron chi connectivity index (χ0n) is 28.5. The summed E-state index contributed by atoms with van der Waals surface area (Å²) in [5, 5.41) is 4.93. The molecule has 1 aliphatic carbocycles. The van der Waals surface area contributed by atoms with Crippen molar-refractivity contribution in [2.45, 2.75) is 56.0 Å². The number of rotatable bonds is 16. The van der Waals surface area contributed by atoms with E-state index in [2.05, 4.69) is 32.7 Å². The lowest BCUT2D eigenvalue weighted by molar-refractivity contribution is -0.136. The van der Waals surface area contributed by atoms with E-state index in [1.165, 1.54) is 5.56 Å². The Morgan fingerprint density at radius 2 is 1.49 bits per heavy atom. The van der Waals surface area contributed by atoms with Crippen molar-refractivity contribution in [1.29, 1.82) is 0 Å². The van der Waals surface area contributed by atoms with Crippen molar-refractivity contribution in [1.82, 2.24) is 25.5 Å². The molecule has 1 fully saturated rings. The fourth-order valence-corrected chi connectivity index (χ4v) is 7.16. The van der Waals surface area contributed by atoms with E-state index in [1.807, 2.05) is 103 Å². The van der Waals surface area contributed by atoms with Crippen LogP contribution in [0.1, 0.15) is 47.2 Å². The van der Waals surface area contributed by atoms with E-state index >= 15 is 0 Å². The van der Waals surface area contributed by atoms with E-state index in [0.717, 1.165) is 47.7 Å². The molecule has 0 unspecified atom stereocenters. The van der Waals surface area contributed by atoms with Gasteiger partial charge in [-0.2, -0.15) is 0 Å². The van der Waals surface area contributed by atoms with Crippen LogP contribution in [0.4, 0.5) is 4.79 Å². The van der Waals surface area contributed by atoms with E-state index in [-0.39, 0.29) is 42.0 Å². The minimum absolute atomic E-state index is 0.101. The third-order valence-electron chi connectivity index (χ3n) is 9.27. The Hall–Kier alpha value is -5.35. The SMILES string of the molecule is O=C(CN(Cc1ccc(OCc2ccccc2)cc1)C(=O)[C@H](Cc1c[nH]cn1)SC(=O)NCc1ccccc1)NCC1(c2ccccc2)CCC1. The van der Waals surface area contributed by atoms with Crippen LogP contribution in [0.3, 0.4) is 0 Å². The highest BCUT2D eigenvalue weighted by Crippen LogP contribution is 2.43. The number of nitrogens with zero attached hydrogens (tertiary/aromatic N) is 2. The van der Waals surface area contributed by atoms with E-state index in [1.54, 1.807) is 17.4 Å². The highest BCUT2D eigenvalue weighted by atomic mass is 32.2. The molecule has 5 aromatic rings. The van der Waals surface area contributed by atoms with Crippen molar-refractivity contribution in [2.75, 3.05) is 13.1 Å². The molecule has 1 saturated carbocycles. The Balaban J connectivity index is 1.17. The van der Waals surface area contributed by atoms with Crippen LogP contribution in [0.15, 0.2) is 128 Å². The van der Waals surface area contributed by atoms with Crippen LogP contribution in [0.25, 0.3) is 0 Å². The van der Waals surface area contributed by atoms with Crippen LogP contribution >= 0.6 is 11.8 Å². The molecule has 1 aliphatic rings. The molecular weight excluding hydrogens is 659 g/mol. The second-order valence-electron chi connectivity index (χ2n) is 12.9. The molecule has 262 valence electrons. The number of aromatic amines is 1. The molecule has 1 atom stereocenters. The van der Waals surface area contributed by atoms with Crippen molar-refractivity contribution >= 4 is 28.8 Å². The maximum absolute atomic E-state index is 14.4. The normalized spacial score (nSPS) is 13.7. The molecule has 4 aromatic carbocycles. The predicted octanol–water partition coefficient (Wildman–Crippen LogP) is 6.81. The molecule has 0 saturated heterocycles. The van der Waals surface area contributed by atoms with Gasteiger partial charge in [0, 0.05) is 37.7 Å². The van der Waals surface area contributed by atoms with Gasteiger partial charge in [0.25, 0.3) is 5.24 Å². The molecule has 3 amide bonds. The van der Waals surface area contributed by atoms with Crippen molar-refractivity contribution in [3.05, 3.63) is 156 Å². The molecule has 10 heteroatoms. The lowest BCUT2D eigenvalue weighted by Gasteiger charge is -2.42. The van der Waals surface area contributed by atoms with Gasteiger partial charge in [-0.3, -0.25) is 14.4 Å². The largest absolute Gasteiger partial charge is 0.489 e. The second kappa shape index (κ2) is 17.5. The zero-order chi connectivity index (χ0) is 35.3. The predicted molar refractivity (Wildman–Crippen MR) is 200 cm³/mol. The molecule has 1 aromatic heterocycles. The highest BCUT2D eigenvalue weighted by molar-refractivity contribution is 8.14. The molecule has 51 heavy (non-hydrogen) atoms. The van der Waals surface area contributed by atoms with Gasteiger partial charge in [-0.25, -0.2) is 4.98 Å². The average Bonchev–Trinajstić information content (AvgIpc) is 3.67. The van der Waals surface area contributed by atoms with E-state index < -0.39 is 5.25 Å². The van der Waals surface area contributed by atoms with Crippen molar-refractivity contribution < 1.29 is 19.1 Å². The Bertz CT molecular complexity index is 1830. The van der Waals surface area contributed by atoms with Crippen LogP contribution in [-0.2, 0) is 41.1 Å². The maximum Gasteiger partial charge on any atom is 0.280 e. The number of benzene rings is 4. The number of imidazole rings is 1. The first-order valence-electron chi connectivity index (χ1n) is 17.3. The number of amides is 3. The van der Waals surface area contributed by atoms with Crippen molar-refractivity contribution in [2.24, 2.45) is 0 Å². The molecule has 0 spiro atoms. The van der Waals surface area contributed by atoms with Crippen LogP contribution in [0, 0.1) is 0 Å². The molecule has 1 heterocycles. The highest BCUT2D eigenvalue weighted by Gasteiger charge is 2.39. The standard InChI is InChI=1S/C41H43N5O4S/c47-38(44-29-41(21-10-22-41)34-15-8-3-9-16-34)27-46(26-32-17-19-36(20-18-32)50-28-33-13-6-2-7-14-33)39(48)37(23-35-25-42-30-45-35)51-40(49)43-24-31-11-4-1-5-12-31/h1-9,11-20,25,30,37H,10,21-24,26-29H2,(H,42,45)(H,43,49)(H,44,47)/t37-/m0/s1. The topological polar surface area (TPSA) is 116 Å². The smallest absolute Gasteiger partial charge is 0.280 e. The fraction of sp³-hybridized carbons (Fsp3) is 0.268. The maximum atomic E-state index is 14.4. The van der Waals surface area contributed by atoms with Gasteiger partial charge in [0.15, 0.2) is 0 Å². The van der Waals surface area contributed by atoms with Crippen LogP contribution in [-0.4, -0.2) is 50.3 Å². The summed E-state index contributed by atoms with van der Waals surface area (Å²) in [7, 11) is 0. The quantitative estimate of drug-likeness (QED) is 0.104. The Labute approximate surface area is 303 Å². The summed E-state index contributed by atoms with van der Waals surface area (Å²) in [6.07, 6.45) is 6.59. The summed E-state index contributed by atoms with van der Waals surface area (Å²) < 4.78 is 5.97. The Kier molecular flexibility index (Phi) is 12.2. The first-order chi connectivity index (χ1) is 25.0. The zero-order valence-corrected chi connectivity index (χ0v) is 29.3. The molecule has 0 radical (unpaired) electrons. The minimum Gasteiger partial charge on any atom is -0.489 e. The van der Waals surface area contributed by atoms with E-state index in [0.29, 0.717) is 31.1 Å². The minimum atomic E-state index is -0.812. The fourth-order valence-electron chi connectivity index (χ4n) is 6.24. The first kappa shape index (κ1) is 35.5. The third-order valence-corrected chi connectivity index (χ3v) is 10.3. The van der Waals surface area contributed by atoms with Gasteiger partial charge in [-0.15, -0.1) is 0 Å². The number of carbonyl (C=O) groups excluding carboxylic acids is 3. The van der Waals surface area contributed by atoms with Crippen LogP contribution in [0.5, 0.6) is 5.75 Å². The molecule has 0 aliphatic heterocycles. The van der Waals surface area contributed by atoms with Crippen LogP contribution < -0.4 is 15.4 Å². The van der Waals surface area contributed by atoms with Gasteiger partial charge in [0.1, 0.15) is 12.4 Å². The number of carbonyl (C=O) groups is 3. The lowest BCUT2D eigenvalue weighted by atomic mass is 9.64. The summed E-state index contributed by atoms with van der Waals surface area (Å²) >= 11 is 0.924. The van der Waals surface area contributed by atoms with Gasteiger partial charge < -0.3 is 25.3 Å². The Morgan fingerprint density at radius 1 is 0.824 bits per heavy atom. The lowest BCUT2D eigenvalue weighted by Crippen LogP contribution is -2.49. The number of aromatic nitrogens is 2. The monoisotopic (exact) mass is 701 g/mol. The molecule has 3 N–H and O–H groups in total. The van der Waals surface area contributed by atoms with E-state index in [9.17, 15) is 14.4 Å². The number of thioether (sulfide) groups is 1. The average molecular weight is 702 g/mol. The second-order valence-corrected chi connectivity index (χ2v) is 14.1. The number of hydrogen-bond acceptors (Lipinski definition) is 6. The number of ether oxygens (including phenoxy) is 1. The number of hydrogen-bond donors (Lipinski definition) is 3. The Morgan fingerprint density at radius 3 is 2.12 bits per heavy atom. The molecule has 9 nitrogen and oxygen atoms in total. The van der Waals surface area contributed by atoms with Crippen molar-refractivity contribution in [3.8, 4) is 5.75 Å². The van der Waals surface area contributed by atoms with Gasteiger partial charge in [0.05, 0.1) is 23.8 Å². The first-order valence-corrected chi connectivity index (χ1v) is 18.2. The van der Waals surface area contributed by atoms with Gasteiger partial charge in [0.2, 0.25) is 11.8 Å². The summed E-state index contributed by atoms with van der Waals surface area (Å²) in [5.74, 6) is 0.135. The number of nitrogens with one attached hydrogen (secondary N) is 3. The molecule has 0 bridgehead atoms. The van der Waals surface area contributed by atoms with Gasteiger partial charge in [-0.05, 0) is 47.2 Å². The van der Waals surface area contributed by atoms with Gasteiger partial charge >= 0.3 is 0 Å². The molecule has 6 rings (SSSR count). The van der Waals surface area contributed by atoms with Crippen LogP contribution in [0.2, 0.25) is 0 Å². The molecular formula is C41H43N5O4S. The van der Waals surface area contributed by atoms with Crippen molar-refractivity contribution in [3.63, 3.8) is 0 Å². The number of H-pyrrole nitrogens is 1. The summed E-state index contributed by atoms with van der Waals surface area (Å²) in [6.45, 7) is 1.30.